The van der Waals surface area contributed by atoms with Crippen LogP contribution in [0.4, 0.5) is 5.69 Å². The first-order valence-electron chi connectivity index (χ1n) is 12.7. The molecule has 3 aliphatic heterocycles. The van der Waals surface area contributed by atoms with Crippen molar-refractivity contribution in [3.8, 4) is 5.75 Å². The number of aliphatic hydroxyl groups excluding tert-OH is 1. The van der Waals surface area contributed by atoms with E-state index in [2.05, 4.69) is 13.5 Å². The minimum absolute atomic E-state index is 0.0341. The van der Waals surface area contributed by atoms with Crippen molar-refractivity contribution in [1.29, 1.82) is 0 Å². The van der Waals surface area contributed by atoms with Gasteiger partial charge >= 0.3 is 5.97 Å². The van der Waals surface area contributed by atoms with Crippen molar-refractivity contribution >= 4 is 35.2 Å². The predicted octanol–water partition coefficient (Wildman–Crippen LogP) is 3.19. The Morgan fingerprint density at radius 3 is 2.56 bits per heavy atom. The lowest BCUT2D eigenvalue weighted by Crippen LogP contribution is -2.57. The smallest absolute Gasteiger partial charge is 0.308 e. The standard InChI is InChI=1S/C27H36N2O6S/c1-4-13-28(18-9-11-19(35-3)12-10-18)25(32)23-27-17(2)16-20(36-27)21(26(33)34)22(27)24(31)29(23)14-7-5-6-8-15-30/h4,9-12,17,20-23,30H,1,5-8,13-16H2,2-3H3,(H,33,34)/t17?,20-,21+,22-,23?,27?/m0/s1. The fraction of sp³-hybridized carbons (Fsp3) is 0.593. The van der Waals surface area contributed by atoms with Gasteiger partial charge in [-0.2, -0.15) is 0 Å². The van der Waals surface area contributed by atoms with Crippen LogP contribution in [-0.4, -0.2) is 75.7 Å². The first-order valence-corrected chi connectivity index (χ1v) is 13.6. The number of carboxylic acid groups (broad SMARTS) is 1. The van der Waals surface area contributed by atoms with E-state index in [9.17, 15) is 19.5 Å². The van der Waals surface area contributed by atoms with Gasteiger partial charge in [0.15, 0.2) is 0 Å². The number of aliphatic carboxylic acids is 1. The highest BCUT2D eigenvalue weighted by Gasteiger charge is 2.76. The molecule has 3 heterocycles. The number of amides is 2. The number of aliphatic hydroxyl groups is 1. The summed E-state index contributed by atoms with van der Waals surface area (Å²) in [5.74, 6) is -2.13. The first kappa shape index (κ1) is 26.5. The van der Waals surface area contributed by atoms with E-state index in [1.807, 2.05) is 12.1 Å². The summed E-state index contributed by atoms with van der Waals surface area (Å²) in [6, 6.07) is 6.46. The fourth-order valence-corrected chi connectivity index (χ4v) is 8.84. The van der Waals surface area contributed by atoms with Gasteiger partial charge in [0, 0.05) is 30.6 Å². The Kier molecular flexibility index (Phi) is 7.99. The molecule has 36 heavy (non-hydrogen) atoms. The Morgan fingerprint density at radius 2 is 1.94 bits per heavy atom. The summed E-state index contributed by atoms with van der Waals surface area (Å²) >= 11 is 1.55. The van der Waals surface area contributed by atoms with E-state index >= 15 is 0 Å². The molecule has 4 rings (SSSR count). The molecule has 3 aliphatic rings. The molecular formula is C27H36N2O6S. The fourth-order valence-electron chi connectivity index (χ4n) is 6.43. The van der Waals surface area contributed by atoms with Crippen molar-refractivity contribution < 1.29 is 29.3 Å². The third-order valence-electron chi connectivity index (χ3n) is 8.03. The highest BCUT2D eigenvalue weighted by molar-refractivity contribution is 8.02. The molecule has 1 aromatic carbocycles. The number of thioether (sulfide) groups is 1. The number of hydrogen-bond acceptors (Lipinski definition) is 6. The number of carboxylic acids is 1. The maximum Gasteiger partial charge on any atom is 0.308 e. The van der Waals surface area contributed by atoms with Crippen LogP contribution in [0, 0.1) is 17.8 Å². The Bertz CT molecular complexity index is 1000. The van der Waals surface area contributed by atoms with Crippen molar-refractivity contribution in [2.24, 2.45) is 17.8 Å². The molecule has 2 bridgehead atoms. The lowest BCUT2D eigenvalue weighted by atomic mass is 9.66. The quantitative estimate of drug-likeness (QED) is 0.325. The number of ether oxygens (including phenoxy) is 1. The molecule has 1 aromatic rings. The van der Waals surface area contributed by atoms with Crippen molar-refractivity contribution in [1.82, 2.24) is 4.90 Å². The summed E-state index contributed by atoms with van der Waals surface area (Å²) in [4.78, 5) is 43.9. The zero-order valence-electron chi connectivity index (χ0n) is 21.0. The minimum atomic E-state index is -0.950. The van der Waals surface area contributed by atoms with Crippen LogP contribution in [0.25, 0.3) is 0 Å². The molecule has 9 heteroatoms. The lowest BCUT2D eigenvalue weighted by Gasteiger charge is -2.40. The maximum absolute atomic E-state index is 14.4. The van der Waals surface area contributed by atoms with Crippen LogP contribution in [0.2, 0.25) is 0 Å². The first-order chi connectivity index (χ1) is 17.3. The topological polar surface area (TPSA) is 107 Å². The van der Waals surface area contributed by atoms with Crippen LogP contribution in [0.5, 0.6) is 5.75 Å². The number of likely N-dealkylation sites (tertiary alicyclic amines) is 1. The van der Waals surface area contributed by atoms with E-state index in [-0.39, 0.29) is 36.1 Å². The summed E-state index contributed by atoms with van der Waals surface area (Å²) in [5.41, 5.74) is 0.677. The number of hydrogen-bond donors (Lipinski definition) is 2. The summed E-state index contributed by atoms with van der Waals surface area (Å²) in [5, 5.41) is 19.0. The van der Waals surface area contributed by atoms with Crippen LogP contribution in [-0.2, 0) is 14.4 Å². The Morgan fingerprint density at radius 1 is 1.25 bits per heavy atom. The molecule has 0 aliphatic carbocycles. The minimum Gasteiger partial charge on any atom is -0.497 e. The molecule has 3 unspecified atom stereocenters. The molecule has 6 atom stereocenters. The van der Waals surface area contributed by atoms with Crippen LogP contribution in [0.1, 0.15) is 39.0 Å². The van der Waals surface area contributed by atoms with Crippen molar-refractivity contribution in [2.75, 3.05) is 31.7 Å². The van der Waals surface area contributed by atoms with E-state index in [0.717, 1.165) is 12.8 Å². The highest BCUT2D eigenvalue weighted by atomic mass is 32.2. The highest BCUT2D eigenvalue weighted by Crippen LogP contribution is 2.68. The number of rotatable bonds is 12. The molecule has 2 amide bonds. The number of methoxy groups -OCH3 is 1. The Hall–Kier alpha value is -2.52. The van der Waals surface area contributed by atoms with E-state index < -0.39 is 28.6 Å². The van der Waals surface area contributed by atoms with Gasteiger partial charge in [0.2, 0.25) is 5.91 Å². The van der Waals surface area contributed by atoms with Gasteiger partial charge in [0.05, 0.1) is 23.7 Å². The zero-order valence-corrected chi connectivity index (χ0v) is 21.8. The second kappa shape index (κ2) is 10.8. The van der Waals surface area contributed by atoms with E-state index in [1.54, 1.807) is 46.9 Å². The third kappa shape index (κ3) is 4.30. The number of carbonyl (C=O) groups excluding carboxylic acids is 2. The molecule has 3 saturated heterocycles. The second-order valence-electron chi connectivity index (χ2n) is 10.00. The summed E-state index contributed by atoms with van der Waals surface area (Å²) < 4.78 is 4.50. The van der Waals surface area contributed by atoms with Gasteiger partial charge in [-0.25, -0.2) is 0 Å². The van der Waals surface area contributed by atoms with Gasteiger partial charge in [-0.15, -0.1) is 18.3 Å². The predicted molar refractivity (Wildman–Crippen MR) is 139 cm³/mol. The Balaban J connectivity index is 1.72. The Labute approximate surface area is 216 Å². The number of nitrogens with zero attached hydrogens (tertiary/aromatic N) is 2. The molecule has 0 radical (unpaired) electrons. The average molecular weight is 517 g/mol. The molecule has 1 spiro atoms. The van der Waals surface area contributed by atoms with E-state index in [0.29, 0.717) is 37.2 Å². The largest absolute Gasteiger partial charge is 0.497 e. The molecule has 196 valence electrons. The van der Waals surface area contributed by atoms with E-state index in [1.165, 1.54) is 0 Å². The molecular weight excluding hydrogens is 480 g/mol. The van der Waals surface area contributed by atoms with E-state index in [4.69, 9.17) is 9.84 Å². The van der Waals surface area contributed by atoms with Gasteiger partial charge in [0.1, 0.15) is 11.8 Å². The number of fused-ring (bicyclic) bond motifs is 1. The van der Waals surface area contributed by atoms with Crippen molar-refractivity contribution in [3.05, 3.63) is 36.9 Å². The van der Waals surface area contributed by atoms with Gasteiger partial charge in [-0.05, 0) is 49.4 Å². The number of carbonyl (C=O) groups is 3. The van der Waals surface area contributed by atoms with Crippen molar-refractivity contribution in [3.63, 3.8) is 0 Å². The van der Waals surface area contributed by atoms with Crippen LogP contribution in [0.3, 0.4) is 0 Å². The van der Waals surface area contributed by atoms with Gasteiger partial charge in [0.25, 0.3) is 5.91 Å². The third-order valence-corrected chi connectivity index (χ3v) is 10.1. The molecule has 2 N–H and O–H groups in total. The lowest BCUT2D eigenvalue weighted by molar-refractivity contribution is -0.149. The molecule has 8 nitrogen and oxygen atoms in total. The summed E-state index contributed by atoms with van der Waals surface area (Å²) in [7, 11) is 1.58. The monoisotopic (exact) mass is 516 g/mol. The van der Waals surface area contributed by atoms with Crippen molar-refractivity contribution in [2.45, 2.75) is 55.1 Å². The SMILES string of the molecule is C=CCN(C(=O)C1N(CCCCCCO)C(=O)[C@@H]2[C@H](C(=O)O)[C@@H]3CC(C)C12S3)c1ccc(OC)cc1. The average Bonchev–Trinajstić information content (AvgIpc) is 3.46. The maximum atomic E-state index is 14.4. The van der Waals surface area contributed by atoms with Gasteiger partial charge in [-0.1, -0.05) is 25.8 Å². The number of benzene rings is 1. The zero-order chi connectivity index (χ0) is 26.0. The van der Waals surface area contributed by atoms with Crippen LogP contribution < -0.4 is 9.64 Å². The van der Waals surface area contributed by atoms with Gasteiger partial charge in [-0.3, -0.25) is 14.4 Å². The normalized spacial score (nSPS) is 30.4. The molecule has 0 saturated carbocycles. The van der Waals surface area contributed by atoms with Crippen LogP contribution in [0.15, 0.2) is 36.9 Å². The second-order valence-corrected chi connectivity index (χ2v) is 11.5. The molecule has 3 fully saturated rings. The number of anilines is 1. The molecule has 0 aromatic heterocycles. The summed E-state index contributed by atoms with van der Waals surface area (Å²) in [6.45, 7) is 6.69. The van der Waals surface area contributed by atoms with Crippen LogP contribution >= 0.6 is 11.8 Å². The summed E-state index contributed by atoms with van der Waals surface area (Å²) in [6.07, 6.45) is 5.40. The number of unbranched alkanes of at least 4 members (excludes halogenated alkanes) is 3. The van der Waals surface area contributed by atoms with Gasteiger partial charge < -0.3 is 24.7 Å².